The molecule has 0 radical (unpaired) electrons. The van der Waals surface area contributed by atoms with Gasteiger partial charge in [0, 0.05) is 18.1 Å². The molecular formula is C15H17N3OS. The summed E-state index contributed by atoms with van der Waals surface area (Å²) in [5.74, 6) is 0.0807. The number of carbonyl (C=O) groups is 1. The van der Waals surface area contributed by atoms with E-state index in [1.807, 2.05) is 18.5 Å². The average molecular weight is 287 g/mol. The molecule has 1 aromatic heterocycles. The molecule has 1 N–H and O–H groups in total. The van der Waals surface area contributed by atoms with E-state index in [1.165, 1.54) is 11.1 Å². The van der Waals surface area contributed by atoms with Gasteiger partial charge in [-0.05, 0) is 24.6 Å². The van der Waals surface area contributed by atoms with Crippen molar-refractivity contribution in [3.8, 4) is 0 Å². The lowest BCUT2D eigenvalue weighted by Gasteiger charge is -2.32. The number of nitrogens with zero attached hydrogens (tertiary/aromatic N) is 2. The van der Waals surface area contributed by atoms with Gasteiger partial charge in [-0.3, -0.25) is 9.69 Å². The van der Waals surface area contributed by atoms with Crippen LogP contribution in [0.25, 0.3) is 0 Å². The highest BCUT2D eigenvalue weighted by Gasteiger charge is 2.28. The lowest BCUT2D eigenvalue weighted by atomic mass is 9.94. The Kier molecular flexibility index (Phi) is 3.80. The third-order valence-electron chi connectivity index (χ3n) is 3.68. The maximum atomic E-state index is 12.3. The maximum absolute atomic E-state index is 12.3. The molecule has 20 heavy (non-hydrogen) atoms. The van der Waals surface area contributed by atoms with E-state index >= 15 is 0 Å². The molecule has 1 aromatic carbocycles. The third kappa shape index (κ3) is 2.73. The van der Waals surface area contributed by atoms with Crippen LogP contribution in [0, 0.1) is 0 Å². The van der Waals surface area contributed by atoms with E-state index in [0.717, 1.165) is 18.0 Å². The molecule has 1 aliphatic rings. The summed E-state index contributed by atoms with van der Waals surface area (Å²) in [6, 6.07) is 8.24. The van der Waals surface area contributed by atoms with Gasteiger partial charge in [0.05, 0.1) is 12.6 Å². The quantitative estimate of drug-likeness (QED) is 0.936. The fourth-order valence-corrected chi connectivity index (χ4v) is 3.12. The first-order valence-corrected chi connectivity index (χ1v) is 7.55. The molecule has 2 heterocycles. The van der Waals surface area contributed by atoms with Crippen LogP contribution in [0.1, 0.15) is 16.1 Å². The highest BCUT2D eigenvalue weighted by molar-refractivity contribution is 7.09. The van der Waals surface area contributed by atoms with E-state index in [-0.39, 0.29) is 11.9 Å². The number of likely N-dealkylation sites (N-methyl/N-ethyl adjacent to an activating group) is 1. The van der Waals surface area contributed by atoms with Crippen LogP contribution in [-0.4, -0.2) is 28.9 Å². The molecule has 1 atom stereocenters. The Morgan fingerprint density at radius 2 is 2.25 bits per heavy atom. The molecule has 0 aliphatic carbocycles. The molecule has 0 spiro atoms. The second-order valence-corrected chi connectivity index (χ2v) is 6.03. The monoisotopic (exact) mass is 287 g/mol. The van der Waals surface area contributed by atoms with Gasteiger partial charge in [0.2, 0.25) is 5.91 Å². The average Bonchev–Trinajstić information content (AvgIpc) is 2.97. The van der Waals surface area contributed by atoms with Gasteiger partial charge in [-0.15, -0.1) is 11.3 Å². The van der Waals surface area contributed by atoms with Crippen molar-refractivity contribution < 1.29 is 4.79 Å². The van der Waals surface area contributed by atoms with Gasteiger partial charge >= 0.3 is 0 Å². The predicted molar refractivity (Wildman–Crippen MR) is 79.4 cm³/mol. The molecule has 1 amide bonds. The molecule has 0 saturated carbocycles. The smallest absolute Gasteiger partial charge is 0.238 e. The normalized spacial score (nSPS) is 18.6. The number of aromatic nitrogens is 1. The highest BCUT2D eigenvalue weighted by atomic mass is 32.1. The number of thiazole rings is 1. The Hall–Kier alpha value is -1.72. The van der Waals surface area contributed by atoms with Crippen molar-refractivity contribution in [1.29, 1.82) is 0 Å². The topological polar surface area (TPSA) is 45.2 Å². The fraction of sp³-hybridized carbons (Fsp3) is 0.333. The predicted octanol–water partition coefficient (Wildman–Crippen LogP) is 1.82. The van der Waals surface area contributed by atoms with Gasteiger partial charge in [-0.1, -0.05) is 24.3 Å². The van der Waals surface area contributed by atoms with Gasteiger partial charge in [0.15, 0.2) is 0 Å². The van der Waals surface area contributed by atoms with Crippen LogP contribution in [0.15, 0.2) is 35.8 Å². The first kappa shape index (κ1) is 13.3. The zero-order chi connectivity index (χ0) is 13.9. The Labute approximate surface area is 122 Å². The fourth-order valence-electron chi connectivity index (χ4n) is 2.57. The third-order valence-corrected chi connectivity index (χ3v) is 4.46. The number of benzene rings is 1. The summed E-state index contributed by atoms with van der Waals surface area (Å²) in [5.41, 5.74) is 2.60. The zero-order valence-corrected chi connectivity index (χ0v) is 12.2. The summed E-state index contributed by atoms with van der Waals surface area (Å²) < 4.78 is 0. The number of hydrogen-bond donors (Lipinski definition) is 1. The molecule has 0 fully saturated rings. The molecule has 104 valence electrons. The molecular weight excluding hydrogens is 270 g/mol. The summed E-state index contributed by atoms with van der Waals surface area (Å²) in [4.78, 5) is 18.6. The molecule has 1 unspecified atom stereocenters. The number of nitrogens with one attached hydrogen (secondary N) is 1. The van der Waals surface area contributed by atoms with E-state index in [2.05, 4.69) is 33.4 Å². The second kappa shape index (κ2) is 5.73. The second-order valence-electron chi connectivity index (χ2n) is 5.05. The molecule has 0 saturated heterocycles. The lowest BCUT2D eigenvalue weighted by molar-refractivity contribution is -0.126. The van der Waals surface area contributed by atoms with Crippen molar-refractivity contribution in [3.05, 3.63) is 52.0 Å². The van der Waals surface area contributed by atoms with E-state index in [1.54, 1.807) is 17.5 Å². The van der Waals surface area contributed by atoms with Crippen LogP contribution in [0.5, 0.6) is 0 Å². The van der Waals surface area contributed by atoms with Crippen LogP contribution in [0.3, 0.4) is 0 Å². The summed E-state index contributed by atoms with van der Waals surface area (Å²) >= 11 is 1.56. The minimum atomic E-state index is -0.0927. The van der Waals surface area contributed by atoms with Crippen molar-refractivity contribution in [3.63, 3.8) is 0 Å². The van der Waals surface area contributed by atoms with E-state index in [4.69, 9.17) is 0 Å². The lowest BCUT2D eigenvalue weighted by Crippen LogP contribution is -2.48. The van der Waals surface area contributed by atoms with Gasteiger partial charge in [0.25, 0.3) is 0 Å². The Morgan fingerprint density at radius 1 is 1.45 bits per heavy atom. The first-order chi connectivity index (χ1) is 9.74. The molecule has 0 bridgehead atoms. The Morgan fingerprint density at radius 3 is 3.00 bits per heavy atom. The van der Waals surface area contributed by atoms with Crippen LogP contribution < -0.4 is 5.32 Å². The molecule has 5 heteroatoms. The largest absolute Gasteiger partial charge is 0.348 e. The molecule has 3 rings (SSSR count). The number of hydrogen-bond acceptors (Lipinski definition) is 4. The van der Waals surface area contributed by atoms with Gasteiger partial charge in [-0.25, -0.2) is 4.98 Å². The molecule has 2 aromatic rings. The van der Waals surface area contributed by atoms with E-state index in [0.29, 0.717) is 6.54 Å². The van der Waals surface area contributed by atoms with Crippen molar-refractivity contribution >= 4 is 17.2 Å². The number of fused-ring (bicyclic) bond motifs is 1. The van der Waals surface area contributed by atoms with Crippen molar-refractivity contribution in [2.75, 3.05) is 7.05 Å². The van der Waals surface area contributed by atoms with Crippen molar-refractivity contribution in [2.45, 2.75) is 25.6 Å². The van der Waals surface area contributed by atoms with Crippen molar-refractivity contribution in [1.82, 2.24) is 15.2 Å². The first-order valence-electron chi connectivity index (χ1n) is 6.67. The molecule has 4 nitrogen and oxygen atoms in total. The van der Waals surface area contributed by atoms with Crippen LogP contribution >= 0.6 is 11.3 Å². The SMILES string of the molecule is CN1Cc2ccccc2CC1C(=O)NCc1nccs1. The van der Waals surface area contributed by atoms with Gasteiger partial charge in [0.1, 0.15) is 5.01 Å². The number of rotatable bonds is 3. The zero-order valence-electron chi connectivity index (χ0n) is 11.4. The Bertz CT molecular complexity index is 597. The summed E-state index contributed by atoms with van der Waals surface area (Å²) in [6.07, 6.45) is 2.53. The van der Waals surface area contributed by atoms with Gasteiger partial charge < -0.3 is 5.32 Å². The maximum Gasteiger partial charge on any atom is 0.238 e. The minimum absolute atomic E-state index is 0.0807. The van der Waals surface area contributed by atoms with E-state index in [9.17, 15) is 4.79 Å². The molecule has 1 aliphatic heterocycles. The number of amides is 1. The van der Waals surface area contributed by atoms with Crippen LogP contribution in [-0.2, 0) is 24.3 Å². The van der Waals surface area contributed by atoms with Gasteiger partial charge in [-0.2, -0.15) is 0 Å². The van der Waals surface area contributed by atoms with Crippen molar-refractivity contribution in [2.24, 2.45) is 0 Å². The highest BCUT2D eigenvalue weighted by Crippen LogP contribution is 2.22. The van der Waals surface area contributed by atoms with Crippen LogP contribution in [0.2, 0.25) is 0 Å². The minimum Gasteiger partial charge on any atom is -0.348 e. The van der Waals surface area contributed by atoms with Crippen LogP contribution in [0.4, 0.5) is 0 Å². The van der Waals surface area contributed by atoms with E-state index < -0.39 is 0 Å². The summed E-state index contributed by atoms with van der Waals surface area (Å²) in [7, 11) is 2.00. The standard InChI is InChI=1S/C15H17N3OS/c1-18-10-12-5-3-2-4-11(12)8-13(18)15(19)17-9-14-16-6-7-20-14/h2-7,13H,8-10H2,1H3,(H,17,19). The summed E-state index contributed by atoms with van der Waals surface area (Å²) in [5, 5.41) is 5.85. The number of carbonyl (C=O) groups excluding carboxylic acids is 1. The summed E-state index contributed by atoms with van der Waals surface area (Å²) in [6.45, 7) is 1.34. The Balaban J connectivity index is 1.66.